The largest absolute Gasteiger partial charge is 0.494 e. The molecular weight excluding hydrogens is 542 g/mol. The van der Waals surface area contributed by atoms with Crippen LogP contribution < -0.4 is 23.7 Å². The predicted molar refractivity (Wildman–Crippen MR) is 145 cm³/mol. The number of aliphatic hydroxyl groups excluding tert-OH is 1. The Morgan fingerprint density at radius 2 is 1.60 bits per heavy atom. The maximum Gasteiger partial charge on any atom is 0.243 e. The molecule has 0 aliphatic carbocycles. The summed E-state index contributed by atoms with van der Waals surface area (Å²) in [5, 5.41) is 17.9. The van der Waals surface area contributed by atoms with Crippen LogP contribution in [0.3, 0.4) is 0 Å². The first-order chi connectivity index (χ1) is 19.1. The summed E-state index contributed by atoms with van der Waals surface area (Å²) in [6.07, 6.45) is -0.177. The molecule has 2 atom stereocenters. The van der Waals surface area contributed by atoms with E-state index < -0.39 is 21.4 Å². The van der Waals surface area contributed by atoms with Gasteiger partial charge in [0.25, 0.3) is 0 Å². The highest BCUT2D eigenvalue weighted by atomic mass is 32.2. The third-order valence-corrected chi connectivity index (χ3v) is 7.68. The second kappa shape index (κ2) is 11.7. The molecule has 15 heteroatoms. The van der Waals surface area contributed by atoms with Crippen molar-refractivity contribution in [1.29, 1.82) is 0 Å². The third kappa shape index (κ3) is 5.46. The van der Waals surface area contributed by atoms with Crippen molar-refractivity contribution in [3.8, 4) is 40.5 Å². The van der Waals surface area contributed by atoms with Crippen LogP contribution in [0.2, 0.25) is 0 Å². The van der Waals surface area contributed by atoms with Crippen LogP contribution in [-0.2, 0) is 10.0 Å². The van der Waals surface area contributed by atoms with Gasteiger partial charge in [-0.25, -0.2) is 18.4 Å². The number of nitrogens with one attached hydrogen (secondary N) is 1. The Morgan fingerprint density at radius 3 is 2.23 bits per heavy atom. The number of hydrogen-bond donors (Lipinski definition) is 2. The molecule has 0 fully saturated rings. The Morgan fingerprint density at radius 1 is 0.925 bits per heavy atom. The van der Waals surface area contributed by atoms with Gasteiger partial charge in [-0.15, -0.1) is 10.2 Å². The molecule has 40 heavy (non-hydrogen) atoms. The van der Waals surface area contributed by atoms with Gasteiger partial charge in [0, 0.05) is 12.3 Å². The summed E-state index contributed by atoms with van der Waals surface area (Å²) in [6.45, 7) is 3.02. The molecule has 0 aliphatic heterocycles. The lowest BCUT2D eigenvalue weighted by molar-refractivity contribution is 0.165. The Kier molecular flexibility index (Phi) is 8.35. The fourth-order valence-electron chi connectivity index (χ4n) is 3.86. The molecule has 212 valence electrons. The summed E-state index contributed by atoms with van der Waals surface area (Å²) in [4.78, 5) is 12.7. The van der Waals surface area contributed by atoms with Crippen LogP contribution in [0, 0.1) is 6.92 Å². The highest BCUT2D eigenvalue weighted by Crippen LogP contribution is 2.38. The van der Waals surface area contributed by atoms with E-state index in [1.165, 1.54) is 46.1 Å². The van der Waals surface area contributed by atoms with Gasteiger partial charge in [-0.3, -0.25) is 14.3 Å². The lowest BCUT2D eigenvalue weighted by Gasteiger charge is -2.22. The van der Waals surface area contributed by atoms with E-state index in [4.69, 9.17) is 18.9 Å². The normalized spacial score (nSPS) is 12.9. The Labute approximate surface area is 231 Å². The van der Waals surface area contributed by atoms with E-state index in [0.717, 1.165) is 0 Å². The van der Waals surface area contributed by atoms with Crippen LogP contribution in [0.1, 0.15) is 24.4 Å². The molecule has 4 aromatic rings. The molecule has 0 amide bonds. The average Bonchev–Trinajstić information content (AvgIpc) is 3.37. The summed E-state index contributed by atoms with van der Waals surface area (Å²) >= 11 is 0. The summed E-state index contributed by atoms with van der Waals surface area (Å²) < 4.78 is 52.6. The number of aryl methyl sites for hydroxylation is 1. The molecule has 1 aromatic carbocycles. The van der Waals surface area contributed by atoms with Crippen molar-refractivity contribution in [3.05, 3.63) is 54.0 Å². The van der Waals surface area contributed by atoms with E-state index >= 15 is 0 Å². The lowest BCUT2D eigenvalue weighted by atomic mass is 10.2. The van der Waals surface area contributed by atoms with Crippen molar-refractivity contribution in [2.75, 3.05) is 33.2 Å². The Bertz CT molecular complexity index is 1590. The second-order valence-corrected chi connectivity index (χ2v) is 10.5. The van der Waals surface area contributed by atoms with Crippen molar-refractivity contribution < 1.29 is 32.5 Å². The third-order valence-electron chi connectivity index (χ3n) is 5.98. The summed E-state index contributed by atoms with van der Waals surface area (Å²) in [5.41, 5.74) is 1.16. The number of para-hydroxylation sites is 1. The fraction of sp³-hybridized carbons (Fsp3) is 0.320. The van der Waals surface area contributed by atoms with Crippen LogP contribution in [0.4, 0.5) is 5.95 Å². The highest BCUT2D eigenvalue weighted by molar-refractivity contribution is 7.93. The van der Waals surface area contributed by atoms with Gasteiger partial charge >= 0.3 is 0 Å². The predicted octanol–water partition coefficient (Wildman–Crippen LogP) is 2.33. The number of aromatic nitrogens is 6. The van der Waals surface area contributed by atoms with Crippen molar-refractivity contribution >= 4 is 16.0 Å². The van der Waals surface area contributed by atoms with E-state index in [0.29, 0.717) is 34.5 Å². The molecule has 2 N–H and O–H groups in total. The van der Waals surface area contributed by atoms with Crippen LogP contribution in [-0.4, -0.2) is 76.9 Å². The van der Waals surface area contributed by atoms with Crippen molar-refractivity contribution in [2.45, 2.75) is 25.2 Å². The van der Waals surface area contributed by atoms with E-state index in [1.807, 2.05) is 0 Å². The topological polar surface area (TPSA) is 173 Å². The minimum Gasteiger partial charge on any atom is -0.494 e. The first kappa shape index (κ1) is 28.5. The molecule has 0 saturated heterocycles. The Hall–Kier alpha value is -4.50. The summed E-state index contributed by atoms with van der Waals surface area (Å²) in [5.74, 6) is 0.976. The van der Waals surface area contributed by atoms with Crippen molar-refractivity contribution in [2.24, 2.45) is 0 Å². The van der Waals surface area contributed by atoms with Gasteiger partial charge in [-0.2, -0.15) is 0 Å². The fourth-order valence-corrected chi connectivity index (χ4v) is 4.90. The average molecular weight is 572 g/mol. The number of methoxy groups -OCH3 is 4. The Balaban J connectivity index is 1.84. The molecule has 4 rings (SSSR count). The maximum atomic E-state index is 13.6. The van der Waals surface area contributed by atoms with E-state index in [1.54, 1.807) is 43.3 Å². The van der Waals surface area contributed by atoms with Crippen molar-refractivity contribution in [1.82, 2.24) is 29.7 Å². The molecule has 3 aromatic heterocycles. The zero-order valence-corrected chi connectivity index (χ0v) is 23.5. The zero-order valence-electron chi connectivity index (χ0n) is 22.7. The molecular formula is C25H29N7O7S. The smallest absolute Gasteiger partial charge is 0.243 e. The van der Waals surface area contributed by atoms with E-state index in [-0.39, 0.29) is 23.3 Å². The number of anilines is 1. The minimum absolute atomic E-state index is 0.0165. The van der Waals surface area contributed by atoms with Gasteiger partial charge in [-0.05, 0) is 32.0 Å². The van der Waals surface area contributed by atoms with Crippen LogP contribution >= 0.6 is 0 Å². The minimum atomic E-state index is -4.32. The summed E-state index contributed by atoms with van der Waals surface area (Å²) in [6, 6.07) is 10.1. The van der Waals surface area contributed by atoms with Crippen molar-refractivity contribution in [3.63, 3.8) is 0 Å². The molecule has 0 saturated carbocycles. The standard InChI is InChI=1S/C25H29N7O7S/c1-14-13-26-20(24(27-14)39-6)22(33)15(2)40(34,35)31-25-30-29-23(16-9-7-12-19(28-16)38-5)32(25)21-17(36-3)10-8-11-18(21)37-4/h7-13,15,22,33H,1-6H3,(H,30,31)/t15-,22-/m0/s1. The van der Waals surface area contributed by atoms with Crippen LogP contribution in [0.15, 0.2) is 42.6 Å². The number of aliphatic hydroxyl groups is 1. The molecule has 14 nitrogen and oxygen atoms in total. The molecule has 0 bridgehead atoms. The maximum absolute atomic E-state index is 13.6. The van der Waals surface area contributed by atoms with Gasteiger partial charge in [0.2, 0.25) is 27.7 Å². The summed E-state index contributed by atoms with van der Waals surface area (Å²) in [7, 11) is 1.43. The number of benzene rings is 1. The first-order valence-corrected chi connectivity index (χ1v) is 13.4. The number of sulfonamides is 1. The molecule has 0 aliphatic rings. The van der Waals surface area contributed by atoms with E-state index in [2.05, 4.69) is 29.9 Å². The number of rotatable bonds is 11. The SMILES string of the molecule is COc1cccc(-c2nnc(NS(=O)(=O)[C@@H](C)[C@H](O)c3ncc(C)nc3OC)n2-c2c(OC)cccc2OC)n1. The second-order valence-electron chi connectivity index (χ2n) is 8.46. The molecule has 3 heterocycles. The van der Waals surface area contributed by atoms with Gasteiger partial charge < -0.3 is 24.1 Å². The number of ether oxygens (including phenoxy) is 4. The van der Waals surface area contributed by atoms with E-state index in [9.17, 15) is 13.5 Å². The van der Waals surface area contributed by atoms with Crippen LogP contribution in [0.25, 0.3) is 17.2 Å². The number of pyridine rings is 1. The molecule has 0 unspecified atom stereocenters. The van der Waals surface area contributed by atoms with Crippen LogP contribution in [0.5, 0.6) is 23.3 Å². The van der Waals surface area contributed by atoms with Gasteiger partial charge in [0.05, 0.1) is 34.1 Å². The van der Waals surface area contributed by atoms with Gasteiger partial charge in [-0.1, -0.05) is 12.1 Å². The number of nitrogens with zero attached hydrogens (tertiary/aromatic N) is 6. The number of hydrogen-bond acceptors (Lipinski definition) is 12. The quantitative estimate of drug-likeness (QED) is 0.269. The van der Waals surface area contributed by atoms with Gasteiger partial charge in [0.1, 0.15) is 39.9 Å². The molecule has 0 radical (unpaired) electrons. The lowest BCUT2D eigenvalue weighted by Crippen LogP contribution is -2.32. The highest BCUT2D eigenvalue weighted by Gasteiger charge is 2.35. The zero-order chi connectivity index (χ0) is 29.0. The monoisotopic (exact) mass is 571 g/mol. The van der Waals surface area contributed by atoms with Gasteiger partial charge in [0.15, 0.2) is 5.82 Å². The molecule has 0 spiro atoms. The first-order valence-electron chi connectivity index (χ1n) is 11.9.